The molecule has 2 amide bonds. The summed E-state index contributed by atoms with van der Waals surface area (Å²) >= 11 is 5.85. The Morgan fingerprint density at radius 1 is 1.44 bits per heavy atom. The van der Waals surface area contributed by atoms with Crippen LogP contribution in [0.1, 0.15) is 34.6 Å². The Balaban J connectivity index is 1.49. The number of nitrogens with one attached hydrogen (secondary N) is 1. The van der Waals surface area contributed by atoms with E-state index in [4.69, 9.17) is 20.9 Å². The van der Waals surface area contributed by atoms with E-state index in [9.17, 15) is 14.0 Å². The van der Waals surface area contributed by atoms with Crippen molar-refractivity contribution in [1.82, 2.24) is 20.4 Å². The van der Waals surface area contributed by atoms with E-state index in [2.05, 4.69) is 15.5 Å². The van der Waals surface area contributed by atoms with Gasteiger partial charge < -0.3 is 19.5 Å². The van der Waals surface area contributed by atoms with Gasteiger partial charge in [-0.25, -0.2) is 4.39 Å². The molecule has 0 radical (unpaired) electrons. The number of carbonyl (C=O) groups is 2. The first-order valence-corrected chi connectivity index (χ1v) is 8.74. The number of aryl methyl sites for hydroxylation is 1. The number of rotatable bonds is 5. The van der Waals surface area contributed by atoms with Gasteiger partial charge in [-0.2, -0.15) is 4.98 Å². The highest BCUT2D eigenvalue weighted by atomic mass is 35.5. The molecule has 0 bridgehead atoms. The Hall–Kier alpha value is -2.52. The molecule has 1 fully saturated rings. The summed E-state index contributed by atoms with van der Waals surface area (Å²) in [6, 6.07) is 3.52. The van der Waals surface area contributed by atoms with Gasteiger partial charge in [0.25, 0.3) is 5.91 Å². The van der Waals surface area contributed by atoms with Crippen molar-refractivity contribution in [3.8, 4) is 0 Å². The van der Waals surface area contributed by atoms with Gasteiger partial charge in [-0.15, -0.1) is 0 Å². The molecular formula is C17H18ClFN4O4. The number of carbonyl (C=O) groups excluding carboxylic acids is 2. The molecule has 8 nitrogen and oxygen atoms in total. The lowest BCUT2D eigenvalue weighted by atomic mass is 10.2. The van der Waals surface area contributed by atoms with E-state index in [1.165, 1.54) is 6.07 Å². The molecule has 0 saturated carbocycles. The second kappa shape index (κ2) is 8.45. The molecule has 1 aliphatic rings. The standard InChI is InChI=1S/C17H18ClFN4O4/c1-10-21-16(22-27-10)14-9-23(6-7-26-14)15(24)4-5-20-17(25)12-3-2-11(19)8-13(12)18/h2-3,8,14H,4-7,9H2,1H3,(H,20,25)/t14-/m1/s1. The summed E-state index contributed by atoms with van der Waals surface area (Å²) in [6.07, 6.45) is -0.324. The van der Waals surface area contributed by atoms with Crippen molar-refractivity contribution >= 4 is 23.4 Å². The van der Waals surface area contributed by atoms with Crippen LogP contribution in [0.5, 0.6) is 0 Å². The van der Waals surface area contributed by atoms with Crippen LogP contribution in [-0.4, -0.2) is 53.1 Å². The van der Waals surface area contributed by atoms with Crippen molar-refractivity contribution in [3.05, 3.63) is 46.3 Å². The Kier molecular flexibility index (Phi) is 6.02. The normalized spacial score (nSPS) is 17.0. The van der Waals surface area contributed by atoms with E-state index in [-0.39, 0.29) is 29.5 Å². The van der Waals surface area contributed by atoms with Crippen LogP contribution in [0.25, 0.3) is 0 Å². The SMILES string of the molecule is Cc1nc([C@H]2CN(C(=O)CCNC(=O)c3ccc(F)cc3Cl)CCO2)no1. The Bertz CT molecular complexity index is 844. The molecule has 1 aliphatic heterocycles. The van der Waals surface area contributed by atoms with Gasteiger partial charge in [0.15, 0.2) is 0 Å². The minimum Gasteiger partial charge on any atom is -0.366 e. The molecule has 2 aromatic rings. The van der Waals surface area contributed by atoms with Crippen molar-refractivity contribution in [1.29, 1.82) is 0 Å². The Morgan fingerprint density at radius 2 is 2.26 bits per heavy atom. The number of benzene rings is 1. The van der Waals surface area contributed by atoms with Crippen LogP contribution in [0, 0.1) is 12.7 Å². The lowest BCUT2D eigenvalue weighted by molar-refractivity contribution is -0.139. The molecule has 0 unspecified atom stereocenters. The lowest BCUT2D eigenvalue weighted by Gasteiger charge is -2.31. The summed E-state index contributed by atoms with van der Waals surface area (Å²) in [5, 5.41) is 6.45. The molecule has 3 rings (SSSR count). The topological polar surface area (TPSA) is 97.6 Å². The average Bonchev–Trinajstić information content (AvgIpc) is 3.08. The quantitative estimate of drug-likeness (QED) is 0.828. The first-order chi connectivity index (χ1) is 12.9. The molecule has 1 aromatic carbocycles. The van der Waals surface area contributed by atoms with E-state index in [1.54, 1.807) is 11.8 Å². The van der Waals surface area contributed by atoms with Crippen molar-refractivity contribution in [3.63, 3.8) is 0 Å². The van der Waals surface area contributed by atoms with Crippen molar-refractivity contribution in [2.75, 3.05) is 26.2 Å². The van der Waals surface area contributed by atoms with Gasteiger partial charge in [0.1, 0.15) is 11.9 Å². The maximum absolute atomic E-state index is 13.0. The monoisotopic (exact) mass is 396 g/mol. The zero-order valence-electron chi connectivity index (χ0n) is 14.6. The van der Waals surface area contributed by atoms with Crippen LogP contribution in [0.3, 0.4) is 0 Å². The van der Waals surface area contributed by atoms with Crippen molar-refractivity contribution in [2.24, 2.45) is 0 Å². The number of hydrogen-bond donors (Lipinski definition) is 1. The smallest absolute Gasteiger partial charge is 0.252 e. The third kappa shape index (κ3) is 4.81. The van der Waals surface area contributed by atoms with Gasteiger partial charge in [-0.3, -0.25) is 9.59 Å². The van der Waals surface area contributed by atoms with Crippen LogP contribution in [0.4, 0.5) is 4.39 Å². The van der Waals surface area contributed by atoms with Gasteiger partial charge >= 0.3 is 0 Å². The predicted molar refractivity (Wildman–Crippen MR) is 92.7 cm³/mol. The molecule has 27 heavy (non-hydrogen) atoms. The number of morpholine rings is 1. The van der Waals surface area contributed by atoms with E-state index in [1.807, 2.05) is 0 Å². The minimum absolute atomic E-state index is 0.0188. The van der Waals surface area contributed by atoms with Gasteiger partial charge in [0, 0.05) is 26.4 Å². The summed E-state index contributed by atoms with van der Waals surface area (Å²) in [5.74, 6) is -0.280. The number of ether oxygens (including phenoxy) is 1. The molecule has 1 aromatic heterocycles. The van der Waals surface area contributed by atoms with E-state index >= 15 is 0 Å². The second-order valence-corrected chi connectivity index (χ2v) is 6.41. The highest BCUT2D eigenvalue weighted by molar-refractivity contribution is 6.33. The largest absolute Gasteiger partial charge is 0.366 e. The maximum Gasteiger partial charge on any atom is 0.252 e. The average molecular weight is 397 g/mol. The number of halogens is 2. The Labute approximate surface area is 159 Å². The zero-order valence-corrected chi connectivity index (χ0v) is 15.3. The van der Waals surface area contributed by atoms with Crippen molar-refractivity contribution < 1.29 is 23.2 Å². The fraction of sp³-hybridized carbons (Fsp3) is 0.412. The third-order valence-corrected chi connectivity index (χ3v) is 4.36. The number of aromatic nitrogens is 2. The molecule has 1 N–H and O–H groups in total. The summed E-state index contributed by atoms with van der Waals surface area (Å²) in [7, 11) is 0. The van der Waals surface area contributed by atoms with Crippen LogP contribution < -0.4 is 5.32 Å². The summed E-state index contributed by atoms with van der Waals surface area (Å²) in [5.41, 5.74) is 0.157. The molecule has 2 heterocycles. The van der Waals surface area contributed by atoms with E-state index in [0.29, 0.717) is 31.4 Å². The second-order valence-electron chi connectivity index (χ2n) is 6.00. The minimum atomic E-state index is -0.523. The Morgan fingerprint density at radius 3 is 2.96 bits per heavy atom. The van der Waals surface area contributed by atoms with Gasteiger partial charge in [-0.05, 0) is 18.2 Å². The van der Waals surface area contributed by atoms with Gasteiger partial charge in [-0.1, -0.05) is 16.8 Å². The molecule has 0 spiro atoms. The molecule has 1 atom stereocenters. The highest BCUT2D eigenvalue weighted by Gasteiger charge is 2.28. The van der Waals surface area contributed by atoms with E-state index < -0.39 is 17.8 Å². The molecular weight excluding hydrogens is 379 g/mol. The number of nitrogens with zero attached hydrogens (tertiary/aromatic N) is 3. The van der Waals surface area contributed by atoms with Crippen LogP contribution in [0.15, 0.2) is 22.7 Å². The first kappa shape index (κ1) is 19.2. The lowest BCUT2D eigenvalue weighted by Crippen LogP contribution is -2.43. The summed E-state index contributed by atoms with van der Waals surface area (Å²) in [6.45, 7) is 2.94. The first-order valence-electron chi connectivity index (χ1n) is 8.37. The zero-order chi connectivity index (χ0) is 19.4. The fourth-order valence-electron chi connectivity index (χ4n) is 2.69. The van der Waals surface area contributed by atoms with Crippen LogP contribution >= 0.6 is 11.6 Å². The van der Waals surface area contributed by atoms with Crippen LogP contribution in [-0.2, 0) is 9.53 Å². The molecule has 1 saturated heterocycles. The summed E-state index contributed by atoms with van der Waals surface area (Å²) < 4.78 is 23.6. The molecule has 10 heteroatoms. The number of amides is 2. The van der Waals surface area contributed by atoms with Gasteiger partial charge in [0.2, 0.25) is 17.6 Å². The number of hydrogen-bond acceptors (Lipinski definition) is 6. The van der Waals surface area contributed by atoms with Crippen LogP contribution in [0.2, 0.25) is 5.02 Å². The fourth-order valence-corrected chi connectivity index (χ4v) is 2.94. The summed E-state index contributed by atoms with van der Waals surface area (Å²) in [4.78, 5) is 30.2. The predicted octanol–water partition coefficient (Wildman–Crippen LogP) is 1.89. The highest BCUT2D eigenvalue weighted by Crippen LogP contribution is 2.20. The van der Waals surface area contributed by atoms with Gasteiger partial charge in [0.05, 0.1) is 23.7 Å². The maximum atomic E-state index is 13.0. The third-order valence-electron chi connectivity index (χ3n) is 4.05. The molecule has 0 aliphatic carbocycles. The van der Waals surface area contributed by atoms with E-state index in [0.717, 1.165) is 12.1 Å². The van der Waals surface area contributed by atoms with Crippen molar-refractivity contribution in [2.45, 2.75) is 19.4 Å². The molecule has 144 valence electrons.